The molecule has 4 rings (SSSR count). The lowest BCUT2D eigenvalue weighted by Gasteiger charge is -2.22. The van der Waals surface area contributed by atoms with E-state index >= 15 is 0 Å². The average Bonchev–Trinajstić information content (AvgIpc) is 2.72. The maximum atomic E-state index is 14.5. The maximum Gasteiger partial charge on any atom is 0.261 e. The van der Waals surface area contributed by atoms with E-state index in [1.54, 1.807) is 6.07 Å². The van der Waals surface area contributed by atoms with Crippen LogP contribution in [0.4, 0.5) is 4.39 Å². The number of ether oxygens (including phenoxy) is 1. The van der Waals surface area contributed by atoms with Gasteiger partial charge in [0.05, 0.1) is 17.9 Å². The Balaban J connectivity index is 1.48. The lowest BCUT2D eigenvalue weighted by molar-refractivity contribution is 0.215. The van der Waals surface area contributed by atoms with Gasteiger partial charge in [-0.05, 0) is 44.7 Å². The molecule has 1 aliphatic heterocycles. The van der Waals surface area contributed by atoms with Gasteiger partial charge >= 0.3 is 0 Å². The second-order valence-corrected chi connectivity index (χ2v) is 9.18. The highest BCUT2D eigenvalue weighted by atomic mass is 32.2. The van der Waals surface area contributed by atoms with Gasteiger partial charge in [-0.1, -0.05) is 19.3 Å². The molecule has 0 radical (unpaired) electrons. The van der Waals surface area contributed by atoms with Crippen molar-refractivity contribution >= 4 is 22.7 Å². The molecule has 152 valence electrons. The van der Waals surface area contributed by atoms with Crippen molar-refractivity contribution in [3.63, 3.8) is 0 Å². The van der Waals surface area contributed by atoms with Crippen molar-refractivity contribution in [2.75, 3.05) is 19.7 Å². The lowest BCUT2D eigenvalue weighted by Crippen LogP contribution is -2.30. The van der Waals surface area contributed by atoms with Crippen LogP contribution in [-0.2, 0) is 5.75 Å². The van der Waals surface area contributed by atoms with Crippen molar-refractivity contribution in [1.82, 2.24) is 15.3 Å². The first-order chi connectivity index (χ1) is 13.7. The Morgan fingerprint density at radius 3 is 2.71 bits per heavy atom. The summed E-state index contributed by atoms with van der Waals surface area (Å²) in [6.07, 6.45) is 8.47. The van der Waals surface area contributed by atoms with Crippen molar-refractivity contribution in [3.05, 3.63) is 34.1 Å². The van der Waals surface area contributed by atoms with E-state index in [9.17, 15) is 9.18 Å². The molecular weight excluding hydrogens is 377 g/mol. The molecule has 2 fully saturated rings. The first kappa shape index (κ1) is 19.7. The summed E-state index contributed by atoms with van der Waals surface area (Å²) in [5.41, 5.74) is -0.0324. The molecule has 1 aliphatic carbocycles. The number of fused-ring (bicyclic) bond motifs is 1. The second-order valence-electron chi connectivity index (χ2n) is 7.89. The maximum absolute atomic E-state index is 14.5. The Kier molecular flexibility index (Phi) is 6.52. The average molecular weight is 406 g/mol. The number of thioether (sulfide) groups is 1. The summed E-state index contributed by atoms with van der Waals surface area (Å²) in [7, 11) is 0. The zero-order valence-corrected chi connectivity index (χ0v) is 17.0. The first-order valence-electron chi connectivity index (χ1n) is 10.4. The predicted molar refractivity (Wildman–Crippen MR) is 112 cm³/mol. The van der Waals surface area contributed by atoms with Crippen LogP contribution >= 0.6 is 11.8 Å². The van der Waals surface area contributed by atoms with Crippen molar-refractivity contribution in [2.45, 2.75) is 55.9 Å². The normalized spacial score (nSPS) is 19.2. The smallest absolute Gasteiger partial charge is 0.261 e. The fourth-order valence-corrected chi connectivity index (χ4v) is 5.29. The summed E-state index contributed by atoms with van der Waals surface area (Å²) in [5, 5.41) is 3.97. The van der Waals surface area contributed by atoms with Gasteiger partial charge in [-0.15, -0.1) is 0 Å². The number of rotatable bonds is 6. The summed E-state index contributed by atoms with van der Waals surface area (Å²) in [5.74, 6) is 1.63. The molecule has 0 spiro atoms. The van der Waals surface area contributed by atoms with E-state index in [-0.39, 0.29) is 5.39 Å². The van der Waals surface area contributed by atoms with Crippen molar-refractivity contribution in [2.24, 2.45) is 5.92 Å². The van der Waals surface area contributed by atoms with Crippen LogP contribution < -0.4 is 15.6 Å². The molecule has 0 atom stereocenters. The van der Waals surface area contributed by atoms with E-state index in [2.05, 4.69) is 15.3 Å². The van der Waals surface area contributed by atoms with E-state index in [0.717, 1.165) is 25.9 Å². The highest BCUT2D eigenvalue weighted by Crippen LogP contribution is 2.30. The van der Waals surface area contributed by atoms with Crippen LogP contribution in [-0.4, -0.2) is 34.9 Å². The molecule has 1 aromatic carbocycles. The standard InChI is InChI=1S/C21H28FN3O2S/c22-17-10-15(27-12-14-6-8-23-9-7-14)11-18-20(17)21(26)25-19(24-18)13-28-16-4-2-1-3-5-16/h10-11,14,16,23H,1-9,12-13H2,(H,24,25,26). The molecule has 2 heterocycles. The fourth-order valence-electron chi connectivity index (χ4n) is 4.09. The lowest BCUT2D eigenvalue weighted by atomic mass is 9.99. The monoisotopic (exact) mass is 405 g/mol. The van der Waals surface area contributed by atoms with Crippen LogP contribution in [0, 0.1) is 11.7 Å². The van der Waals surface area contributed by atoms with Gasteiger partial charge < -0.3 is 15.0 Å². The highest BCUT2D eigenvalue weighted by Gasteiger charge is 2.17. The van der Waals surface area contributed by atoms with Crippen LogP contribution in [0.5, 0.6) is 5.75 Å². The van der Waals surface area contributed by atoms with E-state index in [1.165, 1.54) is 38.2 Å². The number of H-pyrrole nitrogens is 1. The SMILES string of the molecule is O=c1[nH]c(CSC2CCCCC2)nc2cc(OCC3CCNCC3)cc(F)c12. The molecule has 1 saturated carbocycles. The molecule has 1 saturated heterocycles. The third kappa shape index (κ3) is 4.87. The molecule has 2 aliphatic rings. The summed E-state index contributed by atoms with van der Waals surface area (Å²) < 4.78 is 20.4. The van der Waals surface area contributed by atoms with Gasteiger partial charge in [0.2, 0.25) is 0 Å². The Hall–Kier alpha value is -1.60. The molecule has 2 N–H and O–H groups in total. The van der Waals surface area contributed by atoms with Gasteiger partial charge in [-0.2, -0.15) is 11.8 Å². The number of nitrogens with one attached hydrogen (secondary N) is 2. The molecule has 2 aromatic rings. The number of hydrogen-bond donors (Lipinski definition) is 2. The van der Waals surface area contributed by atoms with Gasteiger partial charge in [-0.3, -0.25) is 4.79 Å². The number of aromatic amines is 1. The Morgan fingerprint density at radius 2 is 1.93 bits per heavy atom. The summed E-state index contributed by atoms with van der Waals surface area (Å²) in [6.45, 7) is 2.57. The van der Waals surface area contributed by atoms with Crippen molar-refractivity contribution < 1.29 is 9.13 Å². The molecule has 7 heteroatoms. The van der Waals surface area contributed by atoms with Crippen molar-refractivity contribution in [1.29, 1.82) is 0 Å². The van der Waals surface area contributed by atoms with Crippen LogP contribution in [0.3, 0.4) is 0 Å². The Morgan fingerprint density at radius 1 is 1.14 bits per heavy atom. The van der Waals surface area contributed by atoms with E-state index in [4.69, 9.17) is 4.74 Å². The summed E-state index contributed by atoms with van der Waals surface area (Å²) >= 11 is 1.84. The molecular formula is C21H28FN3O2S. The van der Waals surface area contributed by atoms with Gasteiger partial charge in [0.25, 0.3) is 5.56 Å². The summed E-state index contributed by atoms with van der Waals surface area (Å²) in [4.78, 5) is 19.7. The largest absolute Gasteiger partial charge is 0.493 e. The van der Waals surface area contributed by atoms with E-state index in [1.807, 2.05) is 11.8 Å². The summed E-state index contributed by atoms with van der Waals surface area (Å²) in [6, 6.07) is 3.00. The van der Waals surface area contributed by atoms with Gasteiger partial charge in [0, 0.05) is 17.4 Å². The first-order valence-corrected chi connectivity index (χ1v) is 11.4. The van der Waals surface area contributed by atoms with Crippen LogP contribution in [0.1, 0.15) is 50.8 Å². The van der Waals surface area contributed by atoms with Crippen LogP contribution in [0.15, 0.2) is 16.9 Å². The predicted octanol–water partition coefficient (Wildman–Crippen LogP) is 4.01. The second kappa shape index (κ2) is 9.27. The van der Waals surface area contributed by atoms with Crippen LogP contribution in [0.2, 0.25) is 0 Å². The number of benzene rings is 1. The molecule has 0 bridgehead atoms. The third-order valence-electron chi connectivity index (χ3n) is 5.74. The highest BCUT2D eigenvalue weighted by molar-refractivity contribution is 7.99. The number of nitrogens with zero attached hydrogens (tertiary/aromatic N) is 1. The molecule has 28 heavy (non-hydrogen) atoms. The quantitative estimate of drug-likeness (QED) is 0.760. The zero-order chi connectivity index (χ0) is 19.3. The number of aromatic nitrogens is 2. The molecule has 1 aromatic heterocycles. The van der Waals surface area contributed by atoms with Crippen LogP contribution in [0.25, 0.3) is 10.9 Å². The minimum atomic E-state index is -0.571. The van der Waals surface area contributed by atoms with Crippen molar-refractivity contribution in [3.8, 4) is 5.75 Å². The Bertz CT molecular complexity index is 855. The zero-order valence-electron chi connectivity index (χ0n) is 16.1. The topological polar surface area (TPSA) is 67.0 Å². The number of halogens is 1. The minimum Gasteiger partial charge on any atom is -0.493 e. The Labute approximate surface area is 168 Å². The molecule has 5 nitrogen and oxygen atoms in total. The van der Waals surface area contributed by atoms with E-state index in [0.29, 0.717) is 40.6 Å². The third-order valence-corrected chi connectivity index (χ3v) is 7.12. The fraction of sp³-hybridized carbons (Fsp3) is 0.619. The van der Waals surface area contributed by atoms with E-state index < -0.39 is 11.4 Å². The minimum absolute atomic E-state index is 0.0145. The number of hydrogen-bond acceptors (Lipinski definition) is 5. The van der Waals surface area contributed by atoms with Gasteiger partial charge in [0.15, 0.2) is 0 Å². The van der Waals surface area contributed by atoms with Gasteiger partial charge in [-0.25, -0.2) is 9.37 Å². The molecule has 0 amide bonds. The number of piperidine rings is 1. The molecule has 0 unspecified atom stereocenters. The van der Waals surface area contributed by atoms with Gasteiger partial charge in [0.1, 0.15) is 22.8 Å².